The standard InChI is InChI=1S/C56H42BN3O/c1-56(2,3)36-29-31-48(58-49-26-15-24-44-41-22-12-13-27-51(41)61-55(44)49)45(32-36)46-33-39(59(37-17-6-4-7-18-37)38-19-8-5-9-20-38)34-50-52(46)57-47-25-14-23-42-43-30-28-35-16-10-11-21-40(35)53(43)60(50)54(42)47/h4-34,57-58H,1-3H3. The molecule has 0 saturated carbocycles. The predicted octanol–water partition coefficient (Wildman–Crippen LogP) is 13.7. The number of benzene rings is 9. The quantitative estimate of drug-likeness (QED) is 0.171. The molecule has 5 heteroatoms. The molecule has 0 atom stereocenters. The Balaban J connectivity index is 1.19. The summed E-state index contributed by atoms with van der Waals surface area (Å²) in [5, 5.41) is 11.2. The van der Waals surface area contributed by atoms with E-state index in [4.69, 9.17) is 4.42 Å². The largest absolute Gasteiger partial charge is 0.454 e. The highest BCUT2D eigenvalue weighted by Gasteiger charge is 2.30. The number of anilines is 5. The van der Waals surface area contributed by atoms with Gasteiger partial charge in [-0.1, -0.05) is 154 Å². The van der Waals surface area contributed by atoms with E-state index in [1.54, 1.807) is 0 Å². The van der Waals surface area contributed by atoms with Crippen LogP contribution in [-0.2, 0) is 5.41 Å². The van der Waals surface area contributed by atoms with Crippen molar-refractivity contribution >= 4 is 101 Å². The van der Waals surface area contributed by atoms with Gasteiger partial charge in [0.25, 0.3) is 0 Å². The number of para-hydroxylation sites is 5. The fourth-order valence-corrected chi connectivity index (χ4v) is 9.80. The van der Waals surface area contributed by atoms with Gasteiger partial charge in [0, 0.05) is 66.4 Å². The van der Waals surface area contributed by atoms with Gasteiger partial charge in [-0.15, -0.1) is 0 Å². The zero-order valence-corrected chi connectivity index (χ0v) is 34.4. The van der Waals surface area contributed by atoms with Crippen molar-refractivity contribution in [1.29, 1.82) is 0 Å². The first-order valence-corrected chi connectivity index (χ1v) is 21.2. The molecule has 3 heterocycles. The third-order valence-electron chi connectivity index (χ3n) is 12.7. The second-order valence-electron chi connectivity index (χ2n) is 17.4. The Morgan fingerprint density at radius 3 is 1.97 bits per heavy atom. The zero-order chi connectivity index (χ0) is 40.8. The van der Waals surface area contributed by atoms with E-state index in [-0.39, 0.29) is 5.41 Å². The molecule has 0 saturated heterocycles. The average molecular weight is 784 g/mol. The van der Waals surface area contributed by atoms with Crippen molar-refractivity contribution in [2.45, 2.75) is 26.2 Å². The Morgan fingerprint density at radius 1 is 0.508 bits per heavy atom. The zero-order valence-electron chi connectivity index (χ0n) is 34.4. The van der Waals surface area contributed by atoms with Gasteiger partial charge in [-0.3, -0.25) is 0 Å². The van der Waals surface area contributed by atoms with Gasteiger partial charge in [-0.25, -0.2) is 0 Å². The smallest absolute Gasteiger partial charge is 0.198 e. The van der Waals surface area contributed by atoms with E-state index in [1.165, 1.54) is 60.3 Å². The molecular formula is C56H42BN3O. The molecule has 1 N–H and O–H groups in total. The molecule has 4 nitrogen and oxygen atoms in total. The summed E-state index contributed by atoms with van der Waals surface area (Å²) in [5.74, 6) is 0. The molecule has 9 aromatic carbocycles. The van der Waals surface area contributed by atoms with E-state index in [1.807, 2.05) is 6.07 Å². The lowest BCUT2D eigenvalue weighted by atomic mass is 9.59. The molecule has 290 valence electrons. The van der Waals surface area contributed by atoms with Gasteiger partial charge in [-0.2, -0.15) is 0 Å². The minimum atomic E-state index is -0.0852. The molecule has 1 aliphatic heterocycles. The highest BCUT2D eigenvalue weighted by molar-refractivity contribution is 6.73. The number of hydrogen-bond acceptors (Lipinski definition) is 3. The SMILES string of the molecule is CC(C)(C)c1ccc(Nc2cccc3c2oc2ccccc23)c(-c2cc(N(c3ccccc3)c3ccccc3)cc3c2Bc2cccc4c5ccc6ccccc6c5n-3c24)c1. The maximum atomic E-state index is 6.58. The molecule has 61 heavy (non-hydrogen) atoms. The Hall–Kier alpha value is -7.50. The number of nitrogens with zero attached hydrogens (tertiary/aromatic N) is 2. The lowest BCUT2D eigenvalue weighted by Gasteiger charge is -2.31. The van der Waals surface area contributed by atoms with Crippen molar-refractivity contribution in [2.75, 3.05) is 10.2 Å². The first-order valence-electron chi connectivity index (χ1n) is 21.2. The van der Waals surface area contributed by atoms with Gasteiger partial charge in [0.1, 0.15) is 5.58 Å². The summed E-state index contributed by atoms with van der Waals surface area (Å²) < 4.78 is 9.17. The number of nitrogens with one attached hydrogen (secondary N) is 1. The van der Waals surface area contributed by atoms with Crippen LogP contribution in [-0.4, -0.2) is 11.8 Å². The van der Waals surface area contributed by atoms with Crippen LogP contribution in [0.4, 0.5) is 28.4 Å². The molecule has 0 aliphatic carbocycles. The summed E-state index contributed by atoms with van der Waals surface area (Å²) in [6, 6.07) is 68.4. The van der Waals surface area contributed by atoms with Crippen LogP contribution in [0.3, 0.4) is 0 Å². The van der Waals surface area contributed by atoms with Crippen LogP contribution in [0.5, 0.6) is 0 Å². The van der Waals surface area contributed by atoms with Gasteiger partial charge < -0.3 is 19.2 Å². The minimum Gasteiger partial charge on any atom is -0.454 e. The lowest BCUT2D eigenvalue weighted by Crippen LogP contribution is -2.37. The van der Waals surface area contributed by atoms with E-state index in [2.05, 4.69) is 218 Å². The Kier molecular flexibility index (Phi) is 7.86. The van der Waals surface area contributed by atoms with Crippen molar-refractivity contribution in [1.82, 2.24) is 4.57 Å². The van der Waals surface area contributed by atoms with Crippen LogP contribution >= 0.6 is 0 Å². The third kappa shape index (κ3) is 5.61. The van der Waals surface area contributed by atoms with Gasteiger partial charge >= 0.3 is 0 Å². The van der Waals surface area contributed by atoms with Crippen LogP contribution in [0.1, 0.15) is 26.3 Å². The van der Waals surface area contributed by atoms with E-state index in [9.17, 15) is 0 Å². The molecule has 0 spiro atoms. The first kappa shape index (κ1) is 35.4. The number of aromatic nitrogens is 1. The topological polar surface area (TPSA) is 33.3 Å². The number of furan rings is 1. The summed E-state index contributed by atoms with van der Waals surface area (Å²) in [6.45, 7) is 6.91. The van der Waals surface area contributed by atoms with Crippen molar-refractivity contribution in [3.63, 3.8) is 0 Å². The van der Waals surface area contributed by atoms with E-state index in [0.29, 0.717) is 0 Å². The fourth-order valence-electron chi connectivity index (χ4n) is 9.80. The molecule has 12 rings (SSSR count). The van der Waals surface area contributed by atoms with Crippen LogP contribution in [0.25, 0.3) is 71.3 Å². The van der Waals surface area contributed by atoms with Crippen LogP contribution < -0.4 is 21.1 Å². The molecule has 0 bridgehead atoms. The molecule has 0 radical (unpaired) electrons. The predicted molar refractivity (Wildman–Crippen MR) is 261 cm³/mol. The molecule has 1 aliphatic rings. The van der Waals surface area contributed by atoms with Crippen LogP contribution in [0.2, 0.25) is 0 Å². The second-order valence-corrected chi connectivity index (χ2v) is 17.4. The summed E-state index contributed by atoms with van der Waals surface area (Å²) >= 11 is 0. The lowest BCUT2D eigenvalue weighted by molar-refractivity contribution is 0.590. The number of hydrogen-bond donors (Lipinski definition) is 1. The van der Waals surface area contributed by atoms with Crippen molar-refractivity contribution < 1.29 is 4.42 Å². The summed E-state index contributed by atoms with van der Waals surface area (Å²) in [6.07, 6.45) is 0. The monoisotopic (exact) mass is 783 g/mol. The third-order valence-corrected chi connectivity index (χ3v) is 12.7. The summed E-state index contributed by atoms with van der Waals surface area (Å²) in [4.78, 5) is 2.40. The summed E-state index contributed by atoms with van der Waals surface area (Å²) in [7, 11) is 0.797. The highest BCUT2D eigenvalue weighted by atomic mass is 16.3. The van der Waals surface area contributed by atoms with Gasteiger partial charge in [0.05, 0.1) is 11.2 Å². The molecule has 0 amide bonds. The molecule has 11 aromatic rings. The van der Waals surface area contributed by atoms with Crippen molar-refractivity contribution in [3.05, 3.63) is 194 Å². The van der Waals surface area contributed by atoms with Gasteiger partial charge in [-0.05, 0) is 88.1 Å². The molecule has 2 aromatic heterocycles. The van der Waals surface area contributed by atoms with Crippen LogP contribution in [0, 0.1) is 0 Å². The van der Waals surface area contributed by atoms with E-state index < -0.39 is 0 Å². The number of rotatable bonds is 6. The van der Waals surface area contributed by atoms with E-state index in [0.717, 1.165) is 63.2 Å². The van der Waals surface area contributed by atoms with Crippen molar-refractivity contribution in [2.24, 2.45) is 0 Å². The average Bonchev–Trinajstić information content (AvgIpc) is 3.85. The summed E-state index contributed by atoms with van der Waals surface area (Å²) in [5.41, 5.74) is 16.9. The van der Waals surface area contributed by atoms with Crippen LogP contribution in [0.15, 0.2) is 192 Å². The molecule has 0 unspecified atom stereocenters. The maximum Gasteiger partial charge on any atom is 0.198 e. The Morgan fingerprint density at radius 2 is 1.18 bits per heavy atom. The number of fused-ring (bicyclic) bond motifs is 10. The van der Waals surface area contributed by atoms with Gasteiger partial charge in [0.15, 0.2) is 12.9 Å². The van der Waals surface area contributed by atoms with Crippen molar-refractivity contribution in [3.8, 4) is 16.8 Å². The molecule has 0 fully saturated rings. The first-order chi connectivity index (χ1) is 29.9. The molecular weight excluding hydrogens is 741 g/mol. The highest BCUT2D eigenvalue weighted by Crippen LogP contribution is 2.45. The Bertz CT molecular complexity index is 3480. The fraction of sp³-hybridized carbons (Fsp3) is 0.0714. The Labute approximate surface area is 355 Å². The van der Waals surface area contributed by atoms with Gasteiger partial charge in [0.2, 0.25) is 0 Å². The second kappa shape index (κ2) is 13.5. The normalized spacial score (nSPS) is 12.3. The maximum absolute atomic E-state index is 6.58. The van der Waals surface area contributed by atoms with E-state index >= 15 is 0 Å². The minimum absolute atomic E-state index is 0.0852.